The van der Waals surface area contributed by atoms with Crippen LogP contribution in [0.2, 0.25) is 5.02 Å². The summed E-state index contributed by atoms with van der Waals surface area (Å²) in [4.78, 5) is 10.5. The molecule has 21 heavy (non-hydrogen) atoms. The van der Waals surface area contributed by atoms with Gasteiger partial charge in [0.2, 0.25) is 0 Å². The molecule has 0 saturated carbocycles. The molecular formula is C13H13BrClN3O3. The minimum atomic E-state index is -0.517. The van der Waals surface area contributed by atoms with E-state index in [-0.39, 0.29) is 18.0 Å². The lowest BCUT2D eigenvalue weighted by Gasteiger charge is -2.08. The van der Waals surface area contributed by atoms with Gasteiger partial charge in [-0.25, -0.2) is 0 Å². The number of ether oxygens (including phenoxy) is 1. The molecule has 0 fully saturated rings. The number of nitro groups is 1. The first-order valence-corrected chi connectivity index (χ1v) is 7.38. The van der Waals surface area contributed by atoms with E-state index in [0.29, 0.717) is 5.02 Å². The quantitative estimate of drug-likeness (QED) is 0.588. The zero-order valence-corrected chi connectivity index (χ0v) is 13.8. The lowest BCUT2D eigenvalue weighted by molar-refractivity contribution is -0.385. The number of halogens is 2. The summed E-state index contributed by atoms with van der Waals surface area (Å²) >= 11 is 9.25. The predicted octanol–water partition coefficient (Wildman–Crippen LogP) is 3.89. The van der Waals surface area contributed by atoms with Crippen LogP contribution in [-0.2, 0) is 20.1 Å². The van der Waals surface area contributed by atoms with Gasteiger partial charge >= 0.3 is 5.69 Å². The van der Waals surface area contributed by atoms with Gasteiger partial charge in [-0.1, -0.05) is 18.5 Å². The minimum Gasteiger partial charge on any atom is -0.480 e. The highest BCUT2D eigenvalue weighted by molar-refractivity contribution is 9.10. The highest BCUT2D eigenvalue weighted by atomic mass is 79.9. The van der Waals surface area contributed by atoms with Crippen molar-refractivity contribution in [3.05, 3.63) is 49.2 Å². The van der Waals surface area contributed by atoms with Crippen molar-refractivity contribution in [2.45, 2.75) is 20.0 Å². The number of aromatic nitrogens is 2. The van der Waals surface area contributed by atoms with Crippen molar-refractivity contribution < 1.29 is 9.66 Å². The molecule has 1 aromatic carbocycles. The van der Waals surface area contributed by atoms with Gasteiger partial charge in [0.05, 0.1) is 20.8 Å². The van der Waals surface area contributed by atoms with Crippen molar-refractivity contribution in [2.24, 2.45) is 7.05 Å². The van der Waals surface area contributed by atoms with Gasteiger partial charge in [-0.15, -0.1) is 0 Å². The van der Waals surface area contributed by atoms with Crippen LogP contribution in [0.15, 0.2) is 22.7 Å². The van der Waals surface area contributed by atoms with E-state index in [2.05, 4.69) is 21.0 Å². The zero-order valence-electron chi connectivity index (χ0n) is 11.5. The third kappa shape index (κ3) is 3.36. The summed E-state index contributed by atoms with van der Waals surface area (Å²) in [6, 6.07) is 4.32. The highest BCUT2D eigenvalue weighted by Crippen LogP contribution is 2.31. The molecule has 112 valence electrons. The predicted molar refractivity (Wildman–Crippen MR) is 82.7 cm³/mol. The first-order chi connectivity index (χ1) is 9.93. The molecule has 2 rings (SSSR count). The van der Waals surface area contributed by atoms with Crippen LogP contribution in [0.5, 0.6) is 5.75 Å². The maximum Gasteiger partial charge on any atom is 0.312 e. The average molecular weight is 375 g/mol. The molecule has 0 N–H and O–H groups in total. The molecule has 0 aliphatic rings. The molecule has 0 saturated heterocycles. The third-order valence-corrected chi connectivity index (χ3v) is 4.14. The van der Waals surface area contributed by atoms with E-state index in [4.69, 9.17) is 16.3 Å². The van der Waals surface area contributed by atoms with Crippen molar-refractivity contribution in [3.8, 4) is 5.75 Å². The summed E-state index contributed by atoms with van der Waals surface area (Å²) < 4.78 is 8.13. The first kappa shape index (κ1) is 15.8. The van der Waals surface area contributed by atoms with Gasteiger partial charge in [0.15, 0.2) is 5.75 Å². The number of aryl methyl sites for hydroxylation is 2. The van der Waals surface area contributed by atoms with Crippen LogP contribution in [-0.4, -0.2) is 14.7 Å². The molecule has 8 heteroatoms. The molecular weight excluding hydrogens is 362 g/mol. The van der Waals surface area contributed by atoms with Gasteiger partial charge in [-0.2, -0.15) is 5.10 Å². The molecule has 0 aliphatic carbocycles. The van der Waals surface area contributed by atoms with Crippen LogP contribution in [0.1, 0.15) is 18.3 Å². The van der Waals surface area contributed by atoms with E-state index < -0.39 is 4.92 Å². The largest absolute Gasteiger partial charge is 0.480 e. The smallest absolute Gasteiger partial charge is 0.312 e. The van der Waals surface area contributed by atoms with Crippen molar-refractivity contribution >= 4 is 33.2 Å². The van der Waals surface area contributed by atoms with Gasteiger partial charge in [-0.3, -0.25) is 14.8 Å². The lowest BCUT2D eigenvalue weighted by Crippen LogP contribution is -2.05. The third-order valence-electron chi connectivity index (χ3n) is 2.99. The van der Waals surface area contributed by atoms with E-state index in [0.717, 1.165) is 22.3 Å². The number of hydrogen-bond donors (Lipinski definition) is 0. The molecule has 6 nitrogen and oxygen atoms in total. The van der Waals surface area contributed by atoms with E-state index in [1.54, 1.807) is 17.8 Å². The van der Waals surface area contributed by atoms with Gasteiger partial charge < -0.3 is 4.74 Å². The van der Waals surface area contributed by atoms with Crippen LogP contribution in [0.3, 0.4) is 0 Å². The van der Waals surface area contributed by atoms with E-state index >= 15 is 0 Å². The summed E-state index contributed by atoms with van der Waals surface area (Å²) in [5, 5.41) is 15.7. The molecule has 0 atom stereocenters. The normalized spacial score (nSPS) is 10.7. The molecule has 0 spiro atoms. The summed E-state index contributed by atoms with van der Waals surface area (Å²) in [5.74, 6) is 0.176. The second kappa shape index (κ2) is 6.44. The Morgan fingerprint density at radius 1 is 1.52 bits per heavy atom. The Kier molecular flexibility index (Phi) is 4.84. The van der Waals surface area contributed by atoms with E-state index in [1.165, 1.54) is 12.1 Å². The van der Waals surface area contributed by atoms with Crippen molar-refractivity contribution in [1.29, 1.82) is 0 Å². The second-order valence-electron chi connectivity index (χ2n) is 4.34. The average Bonchev–Trinajstić information content (AvgIpc) is 2.72. The van der Waals surface area contributed by atoms with Crippen LogP contribution in [0.25, 0.3) is 0 Å². The number of nitro benzene ring substituents is 1. The van der Waals surface area contributed by atoms with Crippen molar-refractivity contribution in [3.63, 3.8) is 0 Å². The fraction of sp³-hybridized carbons (Fsp3) is 0.308. The molecule has 1 heterocycles. The van der Waals surface area contributed by atoms with Crippen LogP contribution >= 0.6 is 27.5 Å². The Balaban J connectivity index is 2.25. The molecule has 0 aliphatic heterocycles. The maximum absolute atomic E-state index is 11.0. The Morgan fingerprint density at radius 3 is 2.81 bits per heavy atom. The van der Waals surface area contributed by atoms with Crippen LogP contribution in [0.4, 0.5) is 5.69 Å². The molecule has 1 aromatic heterocycles. The summed E-state index contributed by atoms with van der Waals surface area (Å²) in [5.41, 5.74) is 1.58. The number of hydrogen-bond acceptors (Lipinski definition) is 4. The van der Waals surface area contributed by atoms with Gasteiger partial charge in [0.25, 0.3) is 0 Å². The topological polar surface area (TPSA) is 70.2 Å². The van der Waals surface area contributed by atoms with Gasteiger partial charge in [0.1, 0.15) is 6.61 Å². The minimum absolute atomic E-state index is 0.156. The summed E-state index contributed by atoms with van der Waals surface area (Å²) in [6.07, 6.45) is 0.787. The first-order valence-electron chi connectivity index (χ1n) is 6.21. The Hall–Kier alpha value is -1.60. The number of benzene rings is 1. The monoisotopic (exact) mass is 373 g/mol. The Bertz CT molecular complexity index is 688. The summed E-state index contributed by atoms with van der Waals surface area (Å²) in [6.45, 7) is 2.17. The van der Waals surface area contributed by atoms with E-state index in [9.17, 15) is 10.1 Å². The van der Waals surface area contributed by atoms with Gasteiger partial charge in [-0.05, 0) is 34.5 Å². The fourth-order valence-electron chi connectivity index (χ4n) is 1.88. The van der Waals surface area contributed by atoms with Crippen LogP contribution < -0.4 is 4.74 Å². The standard InChI is InChI=1S/C13H13BrClN3O3/c1-3-9-13(14)11(17(2)16-9)7-21-12-5-4-8(15)6-10(12)18(19)20/h4-6H,3,7H2,1-2H3. The molecule has 0 amide bonds. The molecule has 0 bridgehead atoms. The van der Waals surface area contributed by atoms with Crippen molar-refractivity contribution in [1.82, 2.24) is 9.78 Å². The van der Waals surface area contributed by atoms with Gasteiger partial charge in [0, 0.05) is 18.1 Å². The Labute approximate surface area is 134 Å². The second-order valence-corrected chi connectivity index (χ2v) is 5.57. The number of nitrogens with zero attached hydrogens (tertiary/aromatic N) is 3. The van der Waals surface area contributed by atoms with Crippen LogP contribution in [0, 0.1) is 10.1 Å². The SMILES string of the molecule is CCc1nn(C)c(COc2ccc(Cl)cc2[N+](=O)[O-])c1Br. The highest BCUT2D eigenvalue weighted by Gasteiger charge is 2.18. The molecule has 2 aromatic rings. The molecule has 0 radical (unpaired) electrons. The number of rotatable bonds is 5. The zero-order chi connectivity index (χ0) is 15.6. The fourth-order valence-corrected chi connectivity index (χ4v) is 2.78. The van der Waals surface area contributed by atoms with E-state index in [1.807, 2.05) is 6.92 Å². The lowest BCUT2D eigenvalue weighted by atomic mass is 10.3. The Morgan fingerprint density at radius 2 is 2.24 bits per heavy atom. The van der Waals surface area contributed by atoms with Crippen molar-refractivity contribution in [2.75, 3.05) is 0 Å². The molecule has 0 unspecified atom stereocenters. The maximum atomic E-state index is 11.0. The summed E-state index contributed by atoms with van der Waals surface area (Å²) in [7, 11) is 1.80.